The number of nitrogens with zero attached hydrogens (tertiary/aromatic N) is 4. The number of benzene rings is 1. The van der Waals surface area contributed by atoms with Gasteiger partial charge in [0.15, 0.2) is 0 Å². The Bertz CT molecular complexity index is 1160. The molecule has 33 heavy (non-hydrogen) atoms. The molecular formula is C23H27N5O4S. The second-order valence-corrected chi connectivity index (χ2v) is 8.36. The summed E-state index contributed by atoms with van der Waals surface area (Å²) in [4.78, 5) is 19.3. The van der Waals surface area contributed by atoms with E-state index < -0.39 is 0 Å². The van der Waals surface area contributed by atoms with Crippen molar-refractivity contribution in [1.29, 1.82) is 0 Å². The first kappa shape index (κ1) is 22.9. The first-order chi connectivity index (χ1) is 15.9. The van der Waals surface area contributed by atoms with Crippen molar-refractivity contribution in [2.75, 3.05) is 32.6 Å². The number of carbonyl (C=O) groups is 1. The Labute approximate surface area is 197 Å². The van der Waals surface area contributed by atoms with Gasteiger partial charge in [0.25, 0.3) is 4.84 Å². The molecule has 1 aliphatic heterocycles. The van der Waals surface area contributed by atoms with Crippen LogP contribution in [0.5, 0.6) is 11.5 Å². The zero-order valence-electron chi connectivity index (χ0n) is 18.9. The zero-order valence-corrected chi connectivity index (χ0v) is 19.7. The molecule has 9 nitrogen and oxygen atoms in total. The Morgan fingerprint density at radius 2 is 1.88 bits per heavy atom. The Morgan fingerprint density at radius 3 is 2.52 bits per heavy atom. The van der Waals surface area contributed by atoms with Crippen molar-refractivity contribution in [3.8, 4) is 23.0 Å². The van der Waals surface area contributed by atoms with E-state index in [-0.39, 0.29) is 16.7 Å². The molecule has 0 bridgehead atoms. The smallest absolute Gasteiger partial charge is 0.288 e. The highest BCUT2D eigenvalue weighted by molar-refractivity contribution is 7.71. The van der Waals surface area contributed by atoms with E-state index in [1.54, 1.807) is 31.2 Å². The summed E-state index contributed by atoms with van der Waals surface area (Å²) in [5.74, 6) is 2.24. The molecule has 2 aromatic heterocycles. The zero-order chi connectivity index (χ0) is 23.4. The number of pyridine rings is 1. The summed E-state index contributed by atoms with van der Waals surface area (Å²) in [6, 6.07) is 9.19. The number of rotatable bonds is 7. The maximum absolute atomic E-state index is 12.6. The molecule has 0 atom stereocenters. The normalized spacial score (nSPS) is 14.8. The highest BCUT2D eigenvalue weighted by atomic mass is 32.1. The van der Waals surface area contributed by atoms with Crippen LogP contribution in [0.1, 0.15) is 18.4 Å². The van der Waals surface area contributed by atoms with Gasteiger partial charge >= 0.3 is 0 Å². The summed E-state index contributed by atoms with van der Waals surface area (Å²) in [5, 5.41) is 7.48. The van der Waals surface area contributed by atoms with Gasteiger partial charge in [0.1, 0.15) is 17.3 Å². The summed E-state index contributed by atoms with van der Waals surface area (Å²) in [6.07, 6.45) is 3.20. The average Bonchev–Trinajstić information content (AvgIpc) is 3.19. The third-order valence-corrected chi connectivity index (χ3v) is 5.96. The average molecular weight is 470 g/mol. The maximum Gasteiger partial charge on any atom is 0.288 e. The number of aryl methyl sites for hydroxylation is 1. The molecular weight excluding hydrogens is 442 g/mol. The van der Waals surface area contributed by atoms with Crippen LogP contribution in [-0.4, -0.2) is 52.9 Å². The van der Waals surface area contributed by atoms with Gasteiger partial charge in [-0.05, 0) is 61.8 Å². The second-order valence-electron chi connectivity index (χ2n) is 8.02. The van der Waals surface area contributed by atoms with Crippen LogP contribution in [0.3, 0.4) is 0 Å². The van der Waals surface area contributed by atoms with Gasteiger partial charge in [0.05, 0.1) is 20.9 Å². The minimum absolute atomic E-state index is 0.0139. The number of methoxy groups -OCH3 is 2. The first-order valence-corrected chi connectivity index (χ1v) is 11.1. The second kappa shape index (κ2) is 10.1. The van der Waals surface area contributed by atoms with Gasteiger partial charge in [0, 0.05) is 36.8 Å². The molecule has 0 aliphatic carbocycles. The van der Waals surface area contributed by atoms with Crippen molar-refractivity contribution in [2.24, 2.45) is 5.92 Å². The quantitative estimate of drug-likeness (QED) is 0.521. The Morgan fingerprint density at radius 1 is 1.18 bits per heavy atom. The standard InChI is InChI=1S/C23H27N5O4S/c1-15-4-7-24-20(10-15)25-21(29)16-5-8-27(9-6-16)14-28-23(33)32-22(26-28)17-11-18(30-2)13-19(12-17)31-3/h4,7,10-13,16H,5-6,8-9,14H2,1-3H3,(H,24,25,29). The molecule has 4 rings (SSSR count). The minimum Gasteiger partial charge on any atom is -0.497 e. The van der Waals surface area contributed by atoms with Crippen molar-refractivity contribution in [1.82, 2.24) is 19.7 Å². The Hall–Kier alpha value is -3.24. The highest BCUT2D eigenvalue weighted by Crippen LogP contribution is 2.29. The molecule has 1 N–H and O–H groups in total. The molecule has 3 aromatic rings. The lowest BCUT2D eigenvalue weighted by Gasteiger charge is -2.30. The molecule has 0 spiro atoms. The molecule has 1 saturated heterocycles. The van der Waals surface area contributed by atoms with Gasteiger partial charge < -0.3 is 19.2 Å². The van der Waals surface area contributed by atoms with Crippen LogP contribution in [-0.2, 0) is 11.5 Å². The van der Waals surface area contributed by atoms with E-state index in [1.807, 2.05) is 31.2 Å². The number of piperidine rings is 1. The van der Waals surface area contributed by atoms with E-state index in [4.69, 9.17) is 26.1 Å². The number of ether oxygens (including phenoxy) is 2. The number of anilines is 1. The fraction of sp³-hybridized carbons (Fsp3) is 0.391. The summed E-state index contributed by atoms with van der Waals surface area (Å²) in [6.45, 7) is 3.99. The van der Waals surface area contributed by atoms with Crippen molar-refractivity contribution in [3.63, 3.8) is 0 Å². The third-order valence-electron chi connectivity index (χ3n) is 5.66. The molecule has 3 heterocycles. The van der Waals surface area contributed by atoms with Gasteiger partial charge in [-0.1, -0.05) is 0 Å². The first-order valence-electron chi connectivity index (χ1n) is 10.7. The summed E-state index contributed by atoms with van der Waals surface area (Å²) in [7, 11) is 3.18. The molecule has 0 unspecified atom stereocenters. The number of aromatic nitrogens is 3. The van der Waals surface area contributed by atoms with E-state index in [1.165, 1.54) is 0 Å². The predicted molar refractivity (Wildman–Crippen MR) is 126 cm³/mol. The van der Waals surface area contributed by atoms with Crippen LogP contribution >= 0.6 is 12.2 Å². The highest BCUT2D eigenvalue weighted by Gasteiger charge is 2.26. The molecule has 174 valence electrons. The number of hydrogen-bond donors (Lipinski definition) is 1. The fourth-order valence-corrected chi connectivity index (χ4v) is 3.98. The predicted octanol–water partition coefficient (Wildman–Crippen LogP) is 3.90. The topological polar surface area (TPSA) is 94.7 Å². The Kier molecular flexibility index (Phi) is 7.05. The van der Waals surface area contributed by atoms with E-state index >= 15 is 0 Å². The molecule has 0 saturated carbocycles. The number of likely N-dealkylation sites (tertiary alicyclic amines) is 1. The number of nitrogens with one attached hydrogen (secondary N) is 1. The lowest BCUT2D eigenvalue weighted by atomic mass is 9.96. The van der Waals surface area contributed by atoms with Crippen molar-refractivity contribution in [2.45, 2.75) is 26.4 Å². The van der Waals surface area contributed by atoms with Gasteiger partial charge in [-0.3, -0.25) is 9.69 Å². The van der Waals surface area contributed by atoms with Crippen LogP contribution in [0.2, 0.25) is 0 Å². The van der Waals surface area contributed by atoms with Crippen molar-refractivity contribution in [3.05, 3.63) is 46.9 Å². The van der Waals surface area contributed by atoms with Crippen LogP contribution in [0.4, 0.5) is 5.82 Å². The maximum atomic E-state index is 12.6. The van der Waals surface area contributed by atoms with Crippen LogP contribution < -0.4 is 14.8 Å². The minimum atomic E-state index is -0.0475. The Balaban J connectivity index is 1.37. The van der Waals surface area contributed by atoms with Crippen LogP contribution in [0, 0.1) is 17.7 Å². The number of hydrogen-bond acceptors (Lipinski definition) is 8. The summed E-state index contributed by atoms with van der Waals surface area (Å²) >= 11 is 5.39. The largest absolute Gasteiger partial charge is 0.497 e. The summed E-state index contributed by atoms with van der Waals surface area (Å²) in [5.41, 5.74) is 1.78. The van der Waals surface area contributed by atoms with Gasteiger partial charge in [-0.2, -0.15) is 0 Å². The monoisotopic (exact) mass is 469 g/mol. The lowest BCUT2D eigenvalue weighted by Crippen LogP contribution is -2.39. The fourth-order valence-electron chi connectivity index (χ4n) is 3.80. The van der Waals surface area contributed by atoms with Gasteiger partial charge in [-0.15, -0.1) is 5.10 Å². The van der Waals surface area contributed by atoms with Crippen molar-refractivity contribution < 1.29 is 18.7 Å². The SMILES string of the molecule is COc1cc(OC)cc(-c2nn(CN3CCC(C(=O)Nc4cc(C)ccn4)CC3)c(=S)o2)c1. The molecule has 1 amide bonds. The van der Waals surface area contributed by atoms with E-state index in [0.29, 0.717) is 29.9 Å². The van der Waals surface area contributed by atoms with Crippen molar-refractivity contribution >= 4 is 23.9 Å². The van der Waals surface area contributed by atoms with E-state index in [2.05, 4.69) is 20.3 Å². The molecule has 1 aliphatic rings. The summed E-state index contributed by atoms with van der Waals surface area (Å²) < 4.78 is 18.0. The molecule has 1 aromatic carbocycles. The molecule has 1 fully saturated rings. The van der Waals surface area contributed by atoms with E-state index in [9.17, 15) is 4.79 Å². The van der Waals surface area contributed by atoms with E-state index in [0.717, 1.165) is 37.1 Å². The number of carbonyl (C=O) groups excluding carboxylic acids is 1. The van der Waals surface area contributed by atoms with Crippen LogP contribution in [0.25, 0.3) is 11.5 Å². The molecule has 0 radical (unpaired) electrons. The lowest BCUT2D eigenvalue weighted by molar-refractivity contribution is -0.121. The van der Waals surface area contributed by atoms with Gasteiger partial charge in [0.2, 0.25) is 11.8 Å². The molecule has 10 heteroatoms. The third kappa shape index (κ3) is 5.58. The van der Waals surface area contributed by atoms with Gasteiger partial charge in [-0.25, -0.2) is 9.67 Å². The van der Waals surface area contributed by atoms with Crippen LogP contribution in [0.15, 0.2) is 40.9 Å². The number of amides is 1.